The number of rotatable bonds is 2. The van der Waals surface area contributed by atoms with Crippen molar-refractivity contribution in [3.05, 3.63) is 23.3 Å². The molecule has 0 fully saturated rings. The van der Waals surface area contributed by atoms with Crippen LogP contribution < -0.4 is 0 Å². The van der Waals surface area contributed by atoms with Crippen LogP contribution in [0.2, 0.25) is 0 Å². The summed E-state index contributed by atoms with van der Waals surface area (Å²) < 4.78 is 36.5. The molecular weight excluding hydrogens is 177 g/mol. The standard InChI is InChI=1S/C10H13F3/c1-2-3-8-4-6-9(7-5-8)10(11,12)13/h4,6H,2-3,5,7H2,1H3. The lowest BCUT2D eigenvalue weighted by atomic mass is 9.95. The third-order valence-electron chi connectivity index (χ3n) is 2.17. The van der Waals surface area contributed by atoms with Gasteiger partial charge in [-0.05, 0) is 19.3 Å². The molecule has 0 spiro atoms. The second kappa shape index (κ2) is 3.99. The highest BCUT2D eigenvalue weighted by atomic mass is 19.4. The van der Waals surface area contributed by atoms with Gasteiger partial charge in [-0.15, -0.1) is 0 Å². The van der Waals surface area contributed by atoms with Crippen molar-refractivity contribution in [1.82, 2.24) is 0 Å². The Balaban J connectivity index is 2.65. The van der Waals surface area contributed by atoms with E-state index in [9.17, 15) is 13.2 Å². The SMILES string of the molecule is CCCC1=CC=C(C(F)(F)F)CC1. The molecule has 1 aliphatic rings. The van der Waals surface area contributed by atoms with Gasteiger partial charge < -0.3 is 0 Å². The minimum atomic E-state index is -4.13. The van der Waals surface area contributed by atoms with E-state index in [2.05, 4.69) is 0 Å². The van der Waals surface area contributed by atoms with E-state index in [0.29, 0.717) is 6.42 Å². The van der Waals surface area contributed by atoms with Gasteiger partial charge in [0.05, 0.1) is 0 Å². The molecule has 1 aliphatic carbocycles. The molecule has 1 rings (SSSR count). The van der Waals surface area contributed by atoms with Crippen LogP contribution in [0.5, 0.6) is 0 Å². The van der Waals surface area contributed by atoms with Crippen LogP contribution in [0.1, 0.15) is 32.6 Å². The largest absolute Gasteiger partial charge is 0.412 e. The first kappa shape index (κ1) is 10.4. The van der Waals surface area contributed by atoms with Gasteiger partial charge in [0.1, 0.15) is 0 Å². The first-order chi connectivity index (χ1) is 6.04. The lowest BCUT2D eigenvalue weighted by molar-refractivity contribution is -0.0941. The Morgan fingerprint density at radius 2 is 1.92 bits per heavy atom. The van der Waals surface area contributed by atoms with Gasteiger partial charge in [0.25, 0.3) is 0 Å². The summed E-state index contributed by atoms with van der Waals surface area (Å²) in [6, 6.07) is 0. The molecule has 0 aliphatic heterocycles. The Labute approximate surface area is 76.1 Å². The average molecular weight is 190 g/mol. The van der Waals surface area contributed by atoms with Crippen molar-refractivity contribution in [2.24, 2.45) is 0 Å². The van der Waals surface area contributed by atoms with Gasteiger partial charge in [-0.3, -0.25) is 0 Å². The molecule has 0 nitrogen and oxygen atoms in total. The molecule has 0 aromatic carbocycles. The van der Waals surface area contributed by atoms with Gasteiger partial charge in [-0.2, -0.15) is 13.2 Å². The number of hydrogen-bond acceptors (Lipinski definition) is 0. The zero-order valence-corrected chi connectivity index (χ0v) is 7.62. The van der Waals surface area contributed by atoms with E-state index in [-0.39, 0.29) is 6.42 Å². The van der Waals surface area contributed by atoms with Crippen molar-refractivity contribution >= 4 is 0 Å². The Morgan fingerprint density at radius 3 is 2.31 bits per heavy atom. The maximum Gasteiger partial charge on any atom is 0.412 e. The molecular formula is C10H13F3. The van der Waals surface area contributed by atoms with E-state index in [1.807, 2.05) is 6.92 Å². The van der Waals surface area contributed by atoms with E-state index in [1.165, 1.54) is 6.08 Å². The van der Waals surface area contributed by atoms with E-state index in [0.717, 1.165) is 18.4 Å². The first-order valence-electron chi connectivity index (χ1n) is 4.50. The molecule has 0 amide bonds. The van der Waals surface area contributed by atoms with Crippen molar-refractivity contribution < 1.29 is 13.2 Å². The van der Waals surface area contributed by atoms with Gasteiger partial charge in [0, 0.05) is 5.57 Å². The molecule has 0 saturated heterocycles. The quantitative estimate of drug-likeness (QED) is 0.617. The van der Waals surface area contributed by atoms with Crippen molar-refractivity contribution in [2.45, 2.75) is 38.8 Å². The fourth-order valence-electron chi connectivity index (χ4n) is 1.45. The maximum absolute atomic E-state index is 12.2. The van der Waals surface area contributed by atoms with Gasteiger partial charge in [-0.1, -0.05) is 31.1 Å². The van der Waals surface area contributed by atoms with Crippen molar-refractivity contribution in [3.8, 4) is 0 Å². The van der Waals surface area contributed by atoms with Crippen molar-refractivity contribution in [3.63, 3.8) is 0 Å². The molecule has 0 aromatic heterocycles. The summed E-state index contributed by atoms with van der Waals surface area (Å²) >= 11 is 0. The van der Waals surface area contributed by atoms with Crippen LogP contribution in [0.4, 0.5) is 13.2 Å². The summed E-state index contributed by atoms with van der Waals surface area (Å²) in [4.78, 5) is 0. The van der Waals surface area contributed by atoms with Crippen LogP contribution in [-0.4, -0.2) is 6.18 Å². The Hall–Kier alpha value is -0.730. The first-order valence-corrected chi connectivity index (χ1v) is 4.50. The maximum atomic E-state index is 12.2. The van der Waals surface area contributed by atoms with Gasteiger partial charge >= 0.3 is 6.18 Å². The fourth-order valence-corrected chi connectivity index (χ4v) is 1.45. The second-order valence-electron chi connectivity index (χ2n) is 3.26. The number of alkyl halides is 3. The van der Waals surface area contributed by atoms with Gasteiger partial charge in [0.2, 0.25) is 0 Å². The van der Waals surface area contributed by atoms with Crippen molar-refractivity contribution in [1.29, 1.82) is 0 Å². The van der Waals surface area contributed by atoms with Crippen molar-refractivity contribution in [2.75, 3.05) is 0 Å². The molecule has 13 heavy (non-hydrogen) atoms. The number of allylic oxidation sites excluding steroid dienone is 4. The summed E-state index contributed by atoms with van der Waals surface area (Å²) in [5, 5.41) is 0. The molecule has 0 N–H and O–H groups in total. The predicted molar refractivity (Wildman–Crippen MR) is 46.4 cm³/mol. The molecule has 0 bridgehead atoms. The summed E-state index contributed by atoms with van der Waals surface area (Å²) in [5.41, 5.74) is 0.739. The molecule has 74 valence electrons. The lowest BCUT2D eigenvalue weighted by Crippen LogP contribution is -2.13. The summed E-state index contributed by atoms with van der Waals surface area (Å²) in [6.45, 7) is 2.03. The third kappa shape index (κ3) is 2.90. The molecule has 0 saturated carbocycles. The van der Waals surface area contributed by atoms with Crippen LogP contribution in [0.25, 0.3) is 0 Å². The third-order valence-corrected chi connectivity index (χ3v) is 2.17. The minimum Gasteiger partial charge on any atom is -0.166 e. The topological polar surface area (TPSA) is 0 Å². The molecule has 0 aromatic rings. The number of halogens is 3. The average Bonchev–Trinajstić information content (AvgIpc) is 2.04. The zero-order valence-electron chi connectivity index (χ0n) is 7.62. The van der Waals surface area contributed by atoms with Crippen LogP contribution in [0, 0.1) is 0 Å². The Kier molecular flexibility index (Phi) is 3.17. The van der Waals surface area contributed by atoms with Crippen LogP contribution >= 0.6 is 0 Å². The number of hydrogen-bond donors (Lipinski definition) is 0. The monoisotopic (exact) mass is 190 g/mol. The lowest BCUT2D eigenvalue weighted by Gasteiger charge is -2.16. The zero-order chi connectivity index (χ0) is 9.90. The molecule has 0 atom stereocenters. The highest BCUT2D eigenvalue weighted by Crippen LogP contribution is 2.33. The summed E-state index contributed by atoms with van der Waals surface area (Å²) in [7, 11) is 0. The second-order valence-corrected chi connectivity index (χ2v) is 3.26. The highest BCUT2D eigenvalue weighted by molar-refractivity contribution is 5.26. The van der Waals surface area contributed by atoms with E-state index in [4.69, 9.17) is 0 Å². The predicted octanol–water partition coefficient (Wildman–Crippen LogP) is 4.00. The summed E-state index contributed by atoms with van der Waals surface area (Å²) in [5.74, 6) is 0. The minimum absolute atomic E-state index is 0.148. The summed E-state index contributed by atoms with van der Waals surface area (Å²) in [6.07, 6.45) is 1.34. The van der Waals surface area contributed by atoms with Gasteiger partial charge in [-0.25, -0.2) is 0 Å². The Bertz CT molecular complexity index is 233. The van der Waals surface area contributed by atoms with Gasteiger partial charge in [0.15, 0.2) is 0 Å². The normalized spacial score (nSPS) is 18.2. The molecule has 0 heterocycles. The fraction of sp³-hybridized carbons (Fsp3) is 0.600. The van der Waals surface area contributed by atoms with E-state index >= 15 is 0 Å². The van der Waals surface area contributed by atoms with E-state index < -0.39 is 11.7 Å². The molecule has 0 radical (unpaired) electrons. The highest BCUT2D eigenvalue weighted by Gasteiger charge is 2.33. The van der Waals surface area contributed by atoms with Crippen LogP contribution in [0.3, 0.4) is 0 Å². The van der Waals surface area contributed by atoms with Crippen LogP contribution in [-0.2, 0) is 0 Å². The molecule has 3 heteroatoms. The molecule has 0 unspecified atom stereocenters. The van der Waals surface area contributed by atoms with E-state index in [1.54, 1.807) is 6.08 Å². The van der Waals surface area contributed by atoms with Crippen LogP contribution in [0.15, 0.2) is 23.3 Å². The Morgan fingerprint density at radius 1 is 1.23 bits per heavy atom. The smallest absolute Gasteiger partial charge is 0.166 e.